The molecule has 1 N–H and O–H groups in total. The van der Waals surface area contributed by atoms with Gasteiger partial charge in [0.1, 0.15) is 0 Å². The Morgan fingerprint density at radius 1 is 1.18 bits per heavy atom. The average Bonchev–Trinajstić information content (AvgIpc) is 2.28. The largest absolute Gasteiger partial charge is 0.316 e. The summed E-state index contributed by atoms with van der Waals surface area (Å²) in [7, 11) is 1.58. The van der Waals surface area contributed by atoms with Crippen molar-refractivity contribution in [2.75, 3.05) is 6.54 Å². The van der Waals surface area contributed by atoms with Crippen molar-refractivity contribution < 1.29 is 0 Å². The zero-order valence-electron chi connectivity index (χ0n) is 10.9. The lowest BCUT2D eigenvalue weighted by Crippen LogP contribution is -2.42. The molecular weight excluding hydrogens is 218 g/mol. The fraction of sp³-hybridized carbons (Fsp3) is 0.667. The van der Waals surface area contributed by atoms with Crippen LogP contribution in [0, 0.1) is 5.92 Å². The van der Waals surface area contributed by atoms with Gasteiger partial charge in [0.25, 0.3) is 0 Å². The molecule has 0 radical (unpaired) electrons. The molecule has 0 saturated heterocycles. The van der Waals surface area contributed by atoms with Crippen LogP contribution < -0.4 is 16.4 Å². The van der Waals surface area contributed by atoms with E-state index in [4.69, 9.17) is 0 Å². The highest BCUT2D eigenvalue weighted by atomic mass is 16.2. The molecule has 17 heavy (non-hydrogen) atoms. The molecule has 5 heteroatoms. The monoisotopic (exact) mass is 239 g/mol. The van der Waals surface area contributed by atoms with Crippen LogP contribution in [-0.2, 0) is 13.6 Å². The molecule has 0 aromatic carbocycles. The molecule has 0 fully saturated rings. The molecule has 0 bridgehead atoms. The molecule has 1 unspecified atom stereocenters. The van der Waals surface area contributed by atoms with Crippen LogP contribution in [0.2, 0.25) is 0 Å². The summed E-state index contributed by atoms with van der Waals surface area (Å²) in [6.07, 6.45) is 3.25. The SMILES string of the molecule is CC(C)C(C)NCCn1ccn(C)c(=O)c1=O. The van der Waals surface area contributed by atoms with Crippen molar-refractivity contribution in [2.24, 2.45) is 13.0 Å². The molecule has 1 aromatic rings. The van der Waals surface area contributed by atoms with E-state index in [0.29, 0.717) is 25.0 Å². The van der Waals surface area contributed by atoms with Crippen LogP contribution in [0.3, 0.4) is 0 Å². The van der Waals surface area contributed by atoms with Crippen LogP contribution >= 0.6 is 0 Å². The van der Waals surface area contributed by atoms with Gasteiger partial charge >= 0.3 is 11.1 Å². The Hall–Kier alpha value is -1.36. The van der Waals surface area contributed by atoms with Crippen molar-refractivity contribution in [2.45, 2.75) is 33.4 Å². The fourth-order valence-electron chi connectivity index (χ4n) is 1.41. The molecule has 0 aliphatic heterocycles. The molecule has 5 nitrogen and oxygen atoms in total. The van der Waals surface area contributed by atoms with E-state index in [9.17, 15) is 9.59 Å². The van der Waals surface area contributed by atoms with Gasteiger partial charge in [-0.3, -0.25) is 9.59 Å². The van der Waals surface area contributed by atoms with E-state index >= 15 is 0 Å². The Labute approximate surface area is 101 Å². The maximum Gasteiger partial charge on any atom is 0.316 e. The summed E-state index contributed by atoms with van der Waals surface area (Å²) < 4.78 is 2.74. The van der Waals surface area contributed by atoms with Crippen molar-refractivity contribution in [3.05, 3.63) is 33.1 Å². The molecule has 1 atom stereocenters. The Kier molecular flexibility index (Phi) is 4.69. The number of aromatic nitrogens is 2. The molecule has 0 spiro atoms. The molecule has 1 aromatic heterocycles. The summed E-state index contributed by atoms with van der Waals surface area (Å²) in [6.45, 7) is 7.60. The van der Waals surface area contributed by atoms with Crippen molar-refractivity contribution in [1.82, 2.24) is 14.5 Å². The van der Waals surface area contributed by atoms with Crippen LogP contribution in [0.4, 0.5) is 0 Å². The van der Waals surface area contributed by atoms with E-state index in [2.05, 4.69) is 26.1 Å². The maximum atomic E-state index is 11.6. The Balaban J connectivity index is 2.63. The normalized spacial score (nSPS) is 13.0. The summed E-state index contributed by atoms with van der Waals surface area (Å²) in [5, 5.41) is 3.32. The van der Waals surface area contributed by atoms with Crippen LogP contribution in [0.15, 0.2) is 22.0 Å². The second-order valence-corrected chi connectivity index (χ2v) is 4.70. The summed E-state index contributed by atoms with van der Waals surface area (Å²) in [6, 6.07) is 0.400. The van der Waals surface area contributed by atoms with Crippen LogP contribution in [-0.4, -0.2) is 21.7 Å². The maximum absolute atomic E-state index is 11.6. The first-order valence-corrected chi connectivity index (χ1v) is 5.93. The second kappa shape index (κ2) is 5.82. The smallest absolute Gasteiger partial charge is 0.312 e. The number of hydrogen-bond donors (Lipinski definition) is 1. The molecule has 0 aliphatic carbocycles. The Morgan fingerprint density at radius 3 is 2.41 bits per heavy atom. The average molecular weight is 239 g/mol. The van der Waals surface area contributed by atoms with Gasteiger partial charge in [-0.15, -0.1) is 0 Å². The Morgan fingerprint density at radius 2 is 1.82 bits per heavy atom. The van der Waals surface area contributed by atoms with Gasteiger partial charge in [-0.25, -0.2) is 0 Å². The van der Waals surface area contributed by atoms with Crippen LogP contribution in [0.5, 0.6) is 0 Å². The molecular formula is C12H21N3O2. The van der Waals surface area contributed by atoms with Gasteiger partial charge in [0.15, 0.2) is 0 Å². The molecule has 0 saturated carbocycles. The van der Waals surface area contributed by atoms with E-state index in [1.54, 1.807) is 19.4 Å². The lowest BCUT2D eigenvalue weighted by Gasteiger charge is -2.17. The number of nitrogens with one attached hydrogen (secondary N) is 1. The molecule has 0 amide bonds. The predicted molar refractivity (Wildman–Crippen MR) is 68.2 cm³/mol. The summed E-state index contributed by atoms with van der Waals surface area (Å²) in [5.74, 6) is 0.551. The van der Waals surface area contributed by atoms with Gasteiger partial charge in [0, 0.05) is 38.6 Å². The van der Waals surface area contributed by atoms with Crippen LogP contribution in [0.1, 0.15) is 20.8 Å². The third-order valence-corrected chi connectivity index (χ3v) is 3.05. The van der Waals surface area contributed by atoms with Gasteiger partial charge < -0.3 is 14.5 Å². The molecule has 1 heterocycles. The second-order valence-electron chi connectivity index (χ2n) is 4.70. The van der Waals surface area contributed by atoms with Gasteiger partial charge in [-0.05, 0) is 12.8 Å². The van der Waals surface area contributed by atoms with Crippen molar-refractivity contribution >= 4 is 0 Å². The first-order chi connectivity index (χ1) is 7.93. The van der Waals surface area contributed by atoms with Crippen molar-refractivity contribution in [3.8, 4) is 0 Å². The van der Waals surface area contributed by atoms with E-state index < -0.39 is 11.1 Å². The molecule has 0 aliphatic rings. The number of hydrogen-bond acceptors (Lipinski definition) is 3. The van der Waals surface area contributed by atoms with E-state index in [1.807, 2.05) is 0 Å². The fourth-order valence-corrected chi connectivity index (χ4v) is 1.41. The highest BCUT2D eigenvalue weighted by Gasteiger charge is 2.06. The Bertz CT molecular complexity index is 473. The topological polar surface area (TPSA) is 56.0 Å². The van der Waals surface area contributed by atoms with Crippen LogP contribution in [0.25, 0.3) is 0 Å². The lowest BCUT2D eigenvalue weighted by molar-refractivity contribution is 0.414. The van der Waals surface area contributed by atoms with E-state index in [1.165, 1.54) is 9.13 Å². The number of nitrogens with zero attached hydrogens (tertiary/aromatic N) is 2. The van der Waals surface area contributed by atoms with Crippen molar-refractivity contribution in [3.63, 3.8) is 0 Å². The molecule has 96 valence electrons. The van der Waals surface area contributed by atoms with Gasteiger partial charge in [0.05, 0.1) is 0 Å². The molecule has 1 rings (SSSR count). The third kappa shape index (κ3) is 3.56. The minimum Gasteiger partial charge on any atom is -0.312 e. The zero-order chi connectivity index (χ0) is 13.0. The van der Waals surface area contributed by atoms with E-state index in [-0.39, 0.29) is 0 Å². The predicted octanol–water partition coefficient (Wildman–Crippen LogP) is 0.181. The van der Waals surface area contributed by atoms with Gasteiger partial charge in [-0.1, -0.05) is 13.8 Å². The quantitative estimate of drug-likeness (QED) is 0.746. The first-order valence-electron chi connectivity index (χ1n) is 5.93. The zero-order valence-corrected chi connectivity index (χ0v) is 10.9. The van der Waals surface area contributed by atoms with Gasteiger partial charge in [-0.2, -0.15) is 0 Å². The van der Waals surface area contributed by atoms with Crippen molar-refractivity contribution in [1.29, 1.82) is 0 Å². The first kappa shape index (κ1) is 13.7. The number of aryl methyl sites for hydroxylation is 1. The highest BCUT2D eigenvalue weighted by molar-refractivity contribution is 4.84. The number of rotatable bonds is 5. The highest BCUT2D eigenvalue weighted by Crippen LogP contribution is 1.98. The third-order valence-electron chi connectivity index (χ3n) is 3.05. The minimum absolute atomic E-state index is 0.400. The minimum atomic E-state index is -0.482. The van der Waals surface area contributed by atoms with Gasteiger partial charge in [0.2, 0.25) is 0 Å². The summed E-state index contributed by atoms with van der Waals surface area (Å²) in [5.41, 5.74) is -0.946. The standard InChI is InChI=1S/C12H21N3O2/c1-9(2)10(3)13-5-6-15-8-7-14(4)11(16)12(15)17/h7-10,13H,5-6H2,1-4H3. The van der Waals surface area contributed by atoms with E-state index in [0.717, 1.165) is 0 Å². The summed E-state index contributed by atoms with van der Waals surface area (Å²) >= 11 is 0. The summed E-state index contributed by atoms with van der Waals surface area (Å²) in [4.78, 5) is 23.0. The lowest BCUT2D eigenvalue weighted by atomic mass is 10.1.